The van der Waals surface area contributed by atoms with E-state index in [-0.39, 0.29) is 11.8 Å². The van der Waals surface area contributed by atoms with Gasteiger partial charge in [0.1, 0.15) is 22.2 Å². The van der Waals surface area contributed by atoms with E-state index in [4.69, 9.17) is 10.00 Å². The van der Waals surface area contributed by atoms with Crippen LogP contribution in [0.3, 0.4) is 0 Å². The fraction of sp³-hybridized carbons (Fsp3) is 0.227. The van der Waals surface area contributed by atoms with E-state index in [1.807, 2.05) is 54.6 Å². The summed E-state index contributed by atoms with van der Waals surface area (Å²) in [5.74, 6) is 1.66. The molecule has 1 aromatic heterocycles. The summed E-state index contributed by atoms with van der Waals surface area (Å²) in [6.45, 7) is 1.32. The van der Waals surface area contributed by atoms with Crippen LogP contribution in [0.15, 0.2) is 60.0 Å². The Balaban J connectivity index is 1.54. The van der Waals surface area contributed by atoms with Crippen LogP contribution in [0.25, 0.3) is 10.6 Å². The first-order valence-electron chi connectivity index (χ1n) is 9.18. The van der Waals surface area contributed by atoms with Gasteiger partial charge >= 0.3 is 0 Å². The molecule has 0 bridgehead atoms. The van der Waals surface area contributed by atoms with Crippen LogP contribution in [0, 0.1) is 17.2 Å². The second kappa shape index (κ2) is 8.24. The van der Waals surface area contributed by atoms with Crippen LogP contribution >= 0.6 is 11.3 Å². The van der Waals surface area contributed by atoms with Gasteiger partial charge < -0.3 is 9.64 Å². The molecule has 1 saturated heterocycles. The molecule has 1 amide bonds. The fourth-order valence-corrected chi connectivity index (χ4v) is 4.14. The molecule has 140 valence electrons. The zero-order valence-electron chi connectivity index (χ0n) is 15.2. The number of aromatic nitrogens is 1. The molecule has 4 rings (SSSR count). The minimum absolute atomic E-state index is 0.0654. The maximum absolute atomic E-state index is 12.8. The SMILES string of the molecule is N#CC[C@@H]1CCN(C(=O)c2csc(-c3ccccc3Oc3ccccc3)n2)C1. The number of amides is 1. The lowest BCUT2D eigenvalue weighted by molar-refractivity contribution is 0.0782. The van der Waals surface area contributed by atoms with E-state index in [1.165, 1.54) is 11.3 Å². The summed E-state index contributed by atoms with van der Waals surface area (Å²) in [4.78, 5) is 19.2. The highest BCUT2D eigenvalue weighted by atomic mass is 32.1. The maximum atomic E-state index is 12.8. The summed E-state index contributed by atoms with van der Waals surface area (Å²) >= 11 is 1.43. The lowest BCUT2D eigenvalue weighted by atomic mass is 10.1. The van der Waals surface area contributed by atoms with E-state index in [9.17, 15) is 4.79 Å². The quantitative estimate of drug-likeness (QED) is 0.617. The third kappa shape index (κ3) is 3.90. The highest BCUT2D eigenvalue weighted by Crippen LogP contribution is 2.35. The Labute approximate surface area is 167 Å². The second-order valence-corrected chi connectivity index (χ2v) is 7.58. The minimum atomic E-state index is -0.0654. The number of ether oxygens (including phenoxy) is 1. The van der Waals surface area contributed by atoms with Gasteiger partial charge in [-0.1, -0.05) is 30.3 Å². The number of nitriles is 1. The van der Waals surface area contributed by atoms with Crippen molar-refractivity contribution in [1.29, 1.82) is 5.26 Å². The van der Waals surface area contributed by atoms with Crippen LogP contribution in [0.1, 0.15) is 23.3 Å². The van der Waals surface area contributed by atoms with Gasteiger partial charge in [0.15, 0.2) is 0 Å². The Hall–Kier alpha value is -3.17. The van der Waals surface area contributed by atoms with E-state index >= 15 is 0 Å². The number of hydrogen-bond acceptors (Lipinski definition) is 5. The largest absolute Gasteiger partial charge is 0.457 e. The Morgan fingerprint density at radius 3 is 2.82 bits per heavy atom. The van der Waals surface area contributed by atoms with Crippen molar-refractivity contribution >= 4 is 17.2 Å². The van der Waals surface area contributed by atoms with Gasteiger partial charge in [-0.15, -0.1) is 11.3 Å². The number of benzene rings is 2. The van der Waals surface area contributed by atoms with Crippen LogP contribution in [-0.2, 0) is 0 Å². The molecular weight excluding hydrogens is 370 g/mol. The van der Waals surface area contributed by atoms with E-state index < -0.39 is 0 Å². The van der Waals surface area contributed by atoms with Gasteiger partial charge in [-0.05, 0) is 36.6 Å². The van der Waals surface area contributed by atoms with Crippen molar-refractivity contribution in [2.45, 2.75) is 12.8 Å². The van der Waals surface area contributed by atoms with Gasteiger partial charge in [-0.3, -0.25) is 4.79 Å². The number of rotatable bonds is 5. The molecule has 0 radical (unpaired) electrons. The van der Waals surface area contributed by atoms with E-state index in [0.717, 1.165) is 22.7 Å². The summed E-state index contributed by atoms with van der Waals surface area (Å²) in [6.07, 6.45) is 1.38. The van der Waals surface area contributed by atoms with Crippen molar-refractivity contribution < 1.29 is 9.53 Å². The molecule has 2 heterocycles. The molecule has 0 N–H and O–H groups in total. The maximum Gasteiger partial charge on any atom is 0.273 e. The molecule has 0 spiro atoms. The van der Waals surface area contributed by atoms with E-state index in [0.29, 0.717) is 31.0 Å². The Morgan fingerprint density at radius 1 is 1.21 bits per heavy atom. The van der Waals surface area contributed by atoms with Gasteiger partial charge in [-0.25, -0.2) is 4.98 Å². The molecule has 1 aliphatic heterocycles. The van der Waals surface area contributed by atoms with Crippen LogP contribution < -0.4 is 4.74 Å². The van der Waals surface area contributed by atoms with Crippen molar-refractivity contribution in [3.05, 3.63) is 65.7 Å². The lowest BCUT2D eigenvalue weighted by Crippen LogP contribution is -2.28. The molecule has 6 heteroatoms. The highest BCUT2D eigenvalue weighted by molar-refractivity contribution is 7.13. The topological polar surface area (TPSA) is 66.2 Å². The predicted molar refractivity (Wildman–Crippen MR) is 108 cm³/mol. The lowest BCUT2D eigenvalue weighted by Gasteiger charge is -2.14. The number of nitrogens with zero attached hydrogens (tertiary/aromatic N) is 3. The summed E-state index contributed by atoms with van der Waals surface area (Å²) in [5.41, 5.74) is 1.31. The third-order valence-electron chi connectivity index (χ3n) is 4.76. The summed E-state index contributed by atoms with van der Waals surface area (Å²) < 4.78 is 6.02. The molecule has 28 heavy (non-hydrogen) atoms. The highest BCUT2D eigenvalue weighted by Gasteiger charge is 2.28. The zero-order chi connectivity index (χ0) is 19.3. The number of para-hydroxylation sites is 2. The summed E-state index contributed by atoms with van der Waals surface area (Å²) in [6, 6.07) is 19.5. The Morgan fingerprint density at radius 2 is 2.00 bits per heavy atom. The average Bonchev–Trinajstić information content (AvgIpc) is 3.39. The van der Waals surface area contributed by atoms with Crippen LogP contribution in [0.2, 0.25) is 0 Å². The molecule has 0 saturated carbocycles. The third-order valence-corrected chi connectivity index (χ3v) is 5.64. The normalized spacial score (nSPS) is 16.0. The van der Waals surface area contributed by atoms with Gasteiger partial charge in [0, 0.05) is 24.9 Å². The minimum Gasteiger partial charge on any atom is -0.457 e. The average molecular weight is 389 g/mol. The molecule has 1 fully saturated rings. The Bertz CT molecular complexity index is 1010. The molecule has 1 atom stereocenters. The number of thiazole rings is 1. The van der Waals surface area contributed by atoms with Crippen molar-refractivity contribution in [1.82, 2.24) is 9.88 Å². The van der Waals surface area contributed by atoms with Gasteiger partial charge in [0.2, 0.25) is 0 Å². The van der Waals surface area contributed by atoms with Gasteiger partial charge in [0.05, 0.1) is 11.6 Å². The number of likely N-dealkylation sites (tertiary alicyclic amines) is 1. The summed E-state index contributed by atoms with van der Waals surface area (Å²) in [7, 11) is 0. The molecule has 0 unspecified atom stereocenters. The molecule has 1 aliphatic rings. The monoisotopic (exact) mass is 389 g/mol. The standard InChI is InChI=1S/C22H19N3O2S/c23-12-10-16-11-13-25(14-16)22(26)19-15-28-21(24-19)18-8-4-5-9-20(18)27-17-6-2-1-3-7-17/h1-9,15-16H,10-11,13-14H2/t16-/m1/s1. The van der Waals surface area contributed by atoms with E-state index in [1.54, 1.807) is 10.3 Å². The number of hydrogen-bond donors (Lipinski definition) is 0. The van der Waals surface area contributed by atoms with E-state index in [2.05, 4.69) is 11.1 Å². The smallest absolute Gasteiger partial charge is 0.273 e. The molecule has 2 aromatic carbocycles. The molecule has 0 aliphatic carbocycles. The zero-order valence-corrected chi connectivity index (χ0v) is 16.1. The van der Waals surface area contributed by atoms with Crippen molar-refractivity contribution in [2.75, 3.05) is 13.1 Å². The first kappa shape index (κ1) is 18.2. The first-order valence-corrected chi connectivity index (χ1v) is 10.1. The van der Waals surface area contributed by atoms with Crippen LogP contribution in [-0.4, -0.2) is 28.9 Å². The van der Waals surface area contributed by atoms with Gasteiger partial charge in [0.25, 0.3) is 5.91 Å². The number of carbonyl (C=O) groups is 1. The molecule has 3 aromatic rings. The molecule has 5 nitrogen and oxygen atoms in total. The fourth-order valence-electron chi connectivity index (χ4n) is 3.32. The predicted octanol–water partition coefficient (Wildman–Crippen LogP) is 4.98. The van der Waals surface area contributed by atoms with Crippen molar-refractivity contribution in [3.8, 4) is 28.1 Å². The molecular formula is C22H19N3O2S. The second-order valence-electron chi connectivity index (χ2n) is 6.72. The Kier molecular flexibility index (Phi) is 5.36. The number of carbonyl (C=O) groups excluding carboxylic acids is 1. The van der Waals surface area contributed by atoms with Crippen molar-refractivity contribution in [3.63, 3.8) is 0 Å². The summed E-state index contributed by atoms with van der Waals surface area (Å²) in [5, 5.41) is 11.4. The van der Waals surface area contributed by atoms with Crippen molar-refractivity contribution in [2.24, 2.45) is 5.92 Å². The van der Waals surface area contributed by atoms with Gasteiger partial charge in [-0.2, -0.15) is 5.26 Å². The van der Waals surface area contributed by atoms with Crippen LogP contribution in [0.4, 0.5) is 0 Å². The van der Waals surface area contributed by atoms with Crippen LogP contribution in [0.5, 0.6) is 11.5 Å². The first-order chi connectivity index (χ1) is 13.7.